The van der Waals surface area contributed by atoms with Crippen molar-refractivity contribution in [2.75, 3.05) is 13.7 Å². The Morgan fingerprint density at radius 2 is 2.10 bits per heavy atom. The third-order valence-electron chi connectivity index (χ3n) is 3.39. The summed E-state index contributed by atoms with van der Waals surface area (Å²) in [7, 11) is 1.80. The second-order valence-electron chi connectivity index (χ2n) is 5.19. The summed E-state index contributed by atoms with van der Waals surface area (Å²) in [6, 6.07) is -0.0202. The van der Waals surface area contributed by atoms with Crippen molar-refractivity contribution in [1.82, 2.24) is 15.2 Å². The molecule has 1 aromatic rings. The molecular formula is C14H25N3O2S. The van der Waals surface area contributed by atoms with Crippen molar-refractivity contribution < 1.29 is 9.90 Å². The van der Waals surface area contributed by atoms with E-state index < -0.39 is 0 Å². The molecule has 0 saturated carbocycles. The number of aliphatic hydroxyl groups excluding tert-OH is 1. The van der Waals surface area contributed by atoms with Crippen molar-refractivity contribution in [3.8, 4) is 0 Å². The lowest BCUT2D eigenvalue weighted by Crippen LogP contribution is -2.42. The maximum atomic E-state index is 12.2. The van der Waals surface area contributed by atoms with Gasteiger partial charge in [-0.3, -0.25) is 0 Å². The highest BCUT2D eigenvalue weighted by Crippen LogP contribution is 2.28. The second-order valence-corrected chi connectivity index (χ2v) is 6.42. The van der Waals surface area contributed by atoms with Gasteiger partial charge in [-0.25, -0.2) is 9.78 Å². The van der Waals surface area contributed by atoms with E-state index in [0.29, 0.717) is 6.42 Å². The SMILES string of the molecule is Cc1nc(C)c(C(C)N(C)C(=O)NC(C)CCCO)s1. The van der Waals surface area contributed by atoms with Crippen molar-refractivity contribution in [3.63, 3.8) is 0 Å². The molecule has 0 aliphatic carbocycles. The van der Waals surface area contributed by atoms with E-state index in [1.165, 1.54) is 0 Å². The monoisotopic (exact) mass is 299 g/mol. The van der Waals surface area contributed by atoms with Gasteiger partial charge in [-0.15, -0.1) is 11.3 Å². The predicted molar refractivity (Wildman–Crippen MR) is 82.1 cm³/mol. The standard InChI is InChI=1S/C14H25N3O2S/c1-9(7-6-8-18)15-14(19)17(5)11(3)13-10(2)16-12(4)20-13/h9,11,18H,6-8H2,1-5H3,(H,15,19). The lowest BCUT2D eigenvalue weighted by atomic mass is 10.2. The Morgan fingerprint density at radius 3 is 2.60 bits per heavy atom. The molecule has 114 valence electrons. The van der Waals surface area contributed by atoms with Crippen LogP contribution in [-0.2, 0) is 0 Å². The maximum Gasteiger partial charge on any atom is 0.317 e. The predicted octanol–water partition coefficient (Wildman–Crippen LogP) is 2.62. The van der Waals surface area contributed by atoms with E-state index in [0.717, 1.165) is 22.0 Å². The largest absolute Gasteiger partial charge is 0.396 e. The summed E-state index contributed by atoms with van der Waals surface area (Å²) in [4.78, 5) is 19.4. The number of amides is 2. The number of hydrogen-bond acceptors (Lipinski definition) is 4. The molecule has 0 aliphatic heterocycles. The van der Waals surface area contributed by atoms with E-state index in [9.17, 15) is 4.79 Å². The van der Waals surface area contributed by atoms with Gasteiger partial charge in [0.1, 0.15) is 0 Å². The number of urea groups is 1. The van der Waals surface area contributed by atoms with Crippen LogP contribution in [0.1, 0.15) is 48.3 Å². The molecule has 5 nitrogen and oxygen atoms in total. The molecule has 0 aromatic carbocycles. The van der Waals surface area contributed by atoms with Gasteiger partial charge in [-0.05, 0) is 40.5 Å². The van der Waals surface area contributed by atoms with Crippen LogP contribution in [0.5, 0.6) is 0 Å². The van der Waals surface area contributed by atoms with Gasteiger partial charge in [0.05, 0.1) is 16.7 Å². The summed E-state index contributed by atoms with van der Waals surface area (Å²) in [5.74, 6) is 0. The molecule has 2 atom stereocenters. The lowest BCUT2D eigenvalue weighted by Gasteiger charge is -2.26. The summed E-state index contributed by atoms with van der Waals surface area (Å²) in [5.41, 5.74) is 0.993. The number of aliphatic hydroxyl groups is 1. The molecular weight excluding hydrogens is 274 g/mol. The molecule has 2 amide bonds. The van der Waals surface area contributed by atoms with Crippen LogP contribution in [0.2, 0.25) is 0 Å². The average Bonchev–Trinajstić information content (AvgIpc) is 2.73. The first kappa shape index (κ1) is 16.9. The van der Waals surface area contributed by atoms with Gasteiger partial charge in [-0.1, -0.05) is 0 Å². The molecule has 0 aliphatic rings. The van der Waals surface area contributed by atoms with Crippen LogP contribution in [-0.4, -0.2) is 40.7 Å². The van der Waals surface area contributed by atoms with Gasteiger partial charge in [0.2, 0.25) is 0 Å². The van der Waals surface area contributed by atoms with E-state index >= 15 is 0 Å². The Bertz CT molecular complexity index is 448. The van der Waals surface area contributed by atoms with Gasteiger partial charge in [0.15, 0.2) is 0 Å². The highest BCUT2D eigenvalue weighted by atomic mass is 32.1. The first-order chi connectivity index (χ1) is 9.36. The van der Waals surface area contributed by atoms with Crippen LogP contribution in [0.25, 0.3) is 0 Å². The van der Waals surface area contributed by atoms with Crippen molar-refractivity contribution in [2.45, 2.75) is 52.6 Å². The Morgan fingerprint density at radius 1 is 1.45 bits per heavy atom. The van der Waals surface area contributed by atoms with Crippen LogP contribution in [0.3, 0.4) is 0 Å². The summed E-state index contributed by atoms with van der Waals surface area (Å²) >= 11 is 1.64. The molecule has 20 heavy (non-hydrogen) atoms. The Hall–Kier alpha value is -1.14. The maximum absolute atomic E-state index is 12.2. The molecule has 0 fully saturated rings. The molecule has 1 rings (SSSR count). The van der Waals surface area contributed by atoms with Gasteiger partial charge in [0.25, 0.3) is 0 Å². The Balaban J connectivity index is 2.62. The molecule has 1 heterocycles. The molecule has 0 radical (unpaired) electrons. The van der Waals surface area contributed by atoms with Crippen molar-refractivity contribution in [3.05, 3.63) is 15.6 Å². The van der Waals surface area contributed by atoms with E-state index in [2.05, 4.69) is 10.3 Å². The second kappa shape index (κ2) is 7.59. The summed E-state index contributed by atoms with van der Waals surface area (Å²) < 4.78 is 0. The normalized spacial score (nSPS) is 13.9. The molecule has 2 N–H and O–H groups in total. The molecule has 0 saturated heterocycles. The van der Waals surface area contributed by atoms with Crippen molar-refractivity contribution in [2.24, 2.45) is 0 Å². The van der Waals surface area contributed by atoms with E-state index in [1.54, 1.807) is 23.3 Å². The van der Waals surface area contributed by atoms with Crippen LogP contribution in [0, 0.1) is 13.8 Å². The van der Waals surface area contributed by atoms with E-state index in [-0.39, 0.29) is 24.7 Å². The fourth-order valence-corrected chi connectivity index (χ4v) is 3.09. The van der Waals surface area contributed by atoms with Crippen molar-refractivity contribution >= 4 is 17.4 Å². The number of rotatable bonds is 6. The smallest absolute Gasteiger partial charge is 0.317 e. The number of nitrogens with zero attached hydrogens (tertiary/aromatic N) is 2. The fourth-order valence-electron chi connectivity index (χ4n) is 2.07. The zero-order valence-electron chi connectivity index (χ0n) is 12.9. The van der Waals surface area contributed by atoms with E-state index in [1.807, 2.05) is 27.7 Å². The molecule has 0 bridgehead atoms. The van der Waals surface area contributed by atoms with Crippen LogP contribution < -0.4 is 5.32 Å². The number of carbonyl (C=O) groups is 1. The first-order valence-electron chi connectivity index (χ1n) is 6.95. The minimum atomic E-state index is -0.0895. The number of aryl methyl sites for hydroxylation is 2. The first-order valence-corrected chi connectivity index (χ1v) is 7.76. The number of nitrogens with one attached hydrogen (secondary N) is 1. The van der Waals surface area contributed by atoms with Gasteiger partial charge in [-0.2, -0.15) is 0 Å². The van der Waals surface area contributed by atoms with Gasteiger partial charge in [0, 0.05) is 24.6 Å². The van der Waals surface area contributed by atoms with Crippen molar-refractivity contribution in [1.29, 1.82) is 0 Å². The summed E-state index contributed by atoms with van der Waals surface area (Å²) in [5, 5.41) is 12.8. The number of aromatic nitrogens is 1. The minimum absolute atomic E-state index is 0.00578. The Labute approximate surface area is 125 Å². The van der Waals surface area contributed by atoms with Crippen LogP contribution in [0.4, 0.5) is 4.79 Å². The summed E-state index contributed by atoms with van der Waals surface area (Å²) in [6.45, 7) is 8.08. The molecule has 1 aromatic heterocycles. The highest BCUT2D eigenvalue weighted by molar-refractivity contribution is 7.11. The quantitative estimate of drug-likeness (QED) is 0.848. The topological polar surface area (TPSA) is 65.5 Å². The average molecular weight is 299 g/mol. The fraction of sp³-hybridized carbons (Fsp3) is 0.714. The third kappa shape index (κ3) is 4.45. The number of thiazole rings is 1. The van der Waals surface area contributed by atoms with Crippen LogP contribution in [0.15, 0.2) is 0 Å². The lowest BCUT2D eigenvalue weighted by molar-refractivity contribution is 0.190. The molecule has 2 unspecified atom stereocenters. The van der Waals surface area contributed by atoms with Gasteiger partial charge < -0.3 is 15.3 Å². The Kier molecular flexibility index (Phi) is 6.42. The summed E-state index contributed by atoms with van der Waals surface area (Å²) in [6.07, 6.45) is 1.48. The third-order valence-corrected chi connectivity index (χ3v) is 4.63. The molecule has 6 heteroatoms. The minimum Gasteiger partial charge on any atom is -0.396 e. The number of carbonyl (C=O) groups excluding carboxylic acids is 1. The number of hydrogen-bond donors (Lipinski definition) is 2. The zero-order valence-corrected chi connectivity index (χ0v) is 13.8. The van der Waals surface area contributed by atoms with Gasteiger partial charge >= 0.3 is 6.03 Å². The van der Waals surface area contributed by atoms with Crippen LogP contribution >= 0.6 is 11.3 Å². The highest BCUT2D eigenvalue weighted by Gasteiger charge is 2.22. The molecule has 0 spiro atoms. The van der Waals surface area contributed by atoms with E-state index in [4.69, 9.17) is 5.11 Å². The zero-order chi connectivity index (χ0) is 15.3.